The summed E-state index contributed by atoms with van der Waals surface area (Å²) in [5.41, 5.74) is 0.220. The minimum atomic E-state index is -1.11. The van der Waals surface area contributed by atoms with Crippen molar-refractivity contribution in [3.8, 4) is 5.75 Å². The van der Waals surface area contributed by atoms with Crippen molar-refractivity contribution >= 4 is 23.5 Å². The Morgan fingerprint density at radius 2 is 2.11 bits per heavy atom. The maximum absolute atomic E-state index is 11.8. The first-order valence-electron chi connectivity index (χ1n) is 5.36. The number of carbonyl (C=O) groups excluding carboxylic acids is 1. The van der Waals surface area contributed by atoms with Crippen molar-refractivity contribution < 1.29 is 19.4 Å². The summed E-state index contributed by atoms with van der Waals surface area (Å²) in [7, 11) is 0. The zero-order valence-corrected chi connectivity index (χ0v) is 10.8. The van der Waals surface area contributed by atoms with Crippen LogP contribution in [0.25, 0.3) is 0 Å². The monoisotopic (exact) mass is 271 g/mol. The lowest BCUT2D eigenvalue weighted by Gasteiger charge is -2.14. The Bertz CT molecular complexity index is 459. The lowest BCUT2D eigenvalue weighted by atomic mass is 10.2. The summed E-state index contributed by atoms with van der Waals surface area (Å²) >= 11 is 5.81. The van der Waals surface area contributed by atoms with Gasteiger partial charge in [0.2, 0.25) is 0 Å². The van der Waals surface area contributed by atoms with E-state index in [0.29, 0.717) is 10.8 Å². The molecule has 0 bridgehead atoms. The molecule has 1 rings (SSSR count). The third-order valence-electron chi connectivity index (χ3n) is 1.95. The third kappa shape index (κ3) is 4.25. The zero-order chi connectivity index (χ0) is 13.7. The van der Waals surface area contributed by atoms with Gasteiger partial charge in [-0.25, -0.2) is 0 Å². The summed E-state index contributed by atoms with van der Waals surface area (Å²) in [6, 6.07) is 4.63. The van der Waals surface area contributed by atoms with E-state index >= 15 is 0 Å². The highest BCUT2D eigenvalue weighted by Crippen LogP contribution is 2.23. The highest BCUT2D eigenvalue weighted by Gasteiger charge is 2.15. The van der Waals surface area contributed by atoms with Crippen LogP contribution >= 0.6 is 11.6 Å². The quantitative estimate of drug-likeness (QED) is 0.858. The molecule has 0 aromatic heterocycles. The molecule has 0 heterocycles. The van der Waals surface area contributed by atoms with E-state index in [1.54, 1.807) is 12.1 Å². The second-order valence-electron chi connectivity index (χ2n) is 3.88. The first-order chi connectivity index (χ1) is 8.40. The molecule has 6 heteroatoms. The molecule has 1 amide bonds. The lowest BCUT2D eigenvalue weighted by Crippen LogP contribution is -2.29. The maximum atomic E-state index is 11.8. The minimum absolute atomic E-state index is 0.0998. The van der Waals surface area contributed by atoms with Crippen LogP contribution in [0.3, 0.4) is 0 Å². The van der Waals surface area contributed by atoms with Gasteiger partial charge < -0.3 is 15.2 Å². The van der Waals surface area contributed by atoms with Crippen molar-refractivity contribution in [1.82, 2.24) is 5.32 Å². The molecule has 0 saturated carbocycles. The Hall–Kier alpha value is -1.75. The molecular formula is C12H14ClNO4. The van der Waals surface area contributed by atoms with Crippen LogP contribution in [0.2, 0.25) is 5.02 Å². The van der Waals surface area contributed by atoms with Crippen molar-refractivity contribution in [2.45, 2.75) is 20.0 Å². The molecule has 0 fully saturated rings. The topological polar surface area (TPSA) is 75.6 Å². The molecule has 0 aliphatic carbocycles. The molecule has 0 unspecified atom stereocenters. The van der Waals surface area contributed by atoms with Crippen molar-refractivity contribution in [3.05, 3.63) is 28.8 Å². The van der Waals surface area contributed by atoms with Crippen LogP contribution < -0.4 is 10.1 Å². The third-order valence-corrected chi connectivity index (χ3v) is 2.18. The SMILES string of the molecule is CC(C)Oc1ccc(Cl)cc1C(=O)NCC(=O)O. The fourth-order valence-corrected chi connectivity index (χ4v) is 1.46. The van der Waals surface area contributed by atoms with Crippen molar-refractivity contribution in [1.29, 1.82) is 0 Å². The van der Waals surface area contributed by atoms with Gasteiger partial charge in [0.15, 0.2) is 0 Å². The van der Waals surface area contributed by atoms with Crippen LogP contribution in [-0.4, -0.2) is 29.6 Å². The Kier molecular flexibility index (Phi) is 4.97. The Morgan fingerprint density at radius 3 is 2.67 bits per heavy atom. The summed E-state index contributed by atoms with van der Waals surface area (Å²) in [6.45, 7) is 3.20. The van der Waals surface area contributed by atoms with Gasteiger partial charge in [-0.3, -0.25) is 9.59 Å². The molecule has 18 heavy (non-hydrogen) atoms. The van der Waals surface area contributed by atoms with Gasteiger partial charge in [0.1, 0.15) is 12.3 Å². The van der Waals surface area contributed by atoms with Crippen LogP contribution in [0.4, 0.5) is 0 Å². The summed E-state index contributed by atoms with van der Waals surface area (Å²) < 4.78 is 5.46. The fraction of sp³-hybridized carbons (Fsp3) is 0.333. The van der Waals surface area contributed by atoms with Gasteiger partial charge in [-0.1, -0.05) is 11.6 Å². The van der Waals surface area contributed by atoms with Crippen molar-refractivity contribution in [3.63, 3.8) is 0 Å². The normalized spacial score (nSPS) is 10.2. The lowest BCUT2D eigenvalue weighted by molar-refractivity contribution is -0.135. The van der Waals surface area contributed by atoms with Gasteiger partial charge in [-0.05, 0) is 32.0 Å². The molecule has 0 spiro atoms. The van der Waals surface area contributed by atoms with Crippen LogP contribution in [0.5, 0.6) is 5.75 Å². The number of carboxylic acids is 1. The Labute approximate surface area is 110 Å². The molecular weight excluding hydrogens is 258 g/mol. The number of ether oxygens (including phenoxy) is 1. The predicted octanol–water partition coefficient (Wildman–Crippen LogP) is 1.94. The second-order valence-corrected chi connectivity index (χ2v) is 4.32. The number of nitrogens with one attached hydrogen (secondary N) is 1. The van der Waals surface area contributed by atoms with Crippen LogP contribution in [0, 0.1) is 0 Å². The van der Waals surface area contributed by atoms with Crippen molar-refractivity contribution in [2.24, 2.45) is 0 Å². The number of carbonyl (C=O) groups is 2. The van der Waals surface area contributed by atoms with E-state index in [0.717, 1.165) is 0 Å². The summed E-state index contributed by atoms with van der Waals surface area (Å²) in [5, 5.41) is 11.1. The smallest absolute Gasteiger partial charge is 0.322 e. The standard InChI is InChI=1S/C12H14ClNO4/c1-7(2)18-10-4-3-8(13)5-9(10)12(17)14-6-11(15)16/h3-5,7H,6H2,1-2H3,(H,14,17)(H,15,16). The second kappa shape index (κ2) is 6.26. The van der Waals surface area contributed by atoms with Crippen molar-refractivity contribution in [2.75, 3.05) is 6.54 Å². The van der Waals surface area contributed by atoms with E-state index in [-0.39, 0.29) is 11.7 Å². The number of hydrogen-bond donors (Lipinski definition) is 2. The van der Waals surface area contributed by atoms with Gasteiger partial charge in [0, 0.05) is 5.02 Å². The number of hydrogen-bond acceptors (Lipinski definition) is 3. The minimum Gasteiger partial charge on any atom is -0.490 e. The average Bonchev–Trinajstić information content (AvgIpc) is 2.27. The van der Waals surface area contributed by atoms with E-state index < -0.39 is 18.4 Å². The number of rotatable bonds is 5. The summed E-state index contributed by atoms with van der Waals surface area (Å²) in [6.07, 6.45) is -0.0998. The first kappa shape index (κ1) is 14.3. The average molecular weight is 272 g/mol. The molecule has 1 aromatic rings. The molecule has 0 saturated heterocycles. The Balaban J connectivity index is 2.93. The van der Waals surface area contributed by atoms with Crippen LogP contribution in [0.1, 0.15) is 24.2 Å². The van der Waals surface area contributed by atoms with Crippen LogP contribution in [0.15, 0.2) is 18.2 Å². The van der Waals surface area contributed by atoms with Gasteiger partial charge in [-0.2, -0.15) is 0 Å². The number of amides is 1. The molecule has 0 radical (unpaired) electrons. The zero-order valence-electron chi connectivity index (χ0n) is 10.1. The van der Waals surface area contributed by atoms with Gasteiger partial charge in [0.05, 0.1) is 11.7 Å². The van der Waals surface area contributed by atoms with E-state index in [9.17, 15) is 9.59 Å². The molecule has 1 aromatic carbocycles. The van der Waals surface area contributed by atoms with E-state index in [1.165, 1.54) is 6.07 Å². The number of aliphatic carboxylic acids is 1. The first-order valence-corrected chi connectivity index (χ1v) is 5.74. The van der Waals surface area contributed by atoms with Gasteiger partial charge >= 0.3 is 5.97 Å². The molecule has 5 nitrogen and oxygen atoms in total. The number of halogens is 1. The van der Waals surface area contributed by atoms with E-state index in [1.807, 2.05) is 13.8 Å². The van der Waals surface area contributed by atoms with Gasteiger partial charge in [-0.15, -0.1) is 0 Å². The van der Waals surface area contributed by atoms with E-state index in [4.69, 9.17) is 21.4 Å². The number of carboxylic acid groups (broad SMARTS) is 1. The molecule has 0 aliphatic rings. The Morgan fingerprint density at radius 1 is 1.44 bits per heavy atom. The fourth-order valence-electron chi connectivity index (χ4n) is 1.29. The highest BCUT2D eigenvalue weighted by atomic mass is 35.5. The summed E-state index contributed by atoms with van der Waals surface area (Å²) in [5.74, 6) is -1.27. The van der Waals surface area contributed by atoms with Crippen LogP contribution in [-0.2, 0) is 4.79 Å². The highest BCUT2D eigenvalue weighted by molar-refractivity contribution is 6.31. The number of benzene rings is 1. The van der Waals surface area contributed by atoms with Gasteiger partial charge in [0.25, 0.3) is 5.91 Å². The van der Waals surface area contributed by atoms with E-state index in [2.05, 4.69) is 5.32 Å². The maximum Gasteiger partial charge on any atom is 0.322 e. The predicted molar refractivity (Wildman–Crippen MR) is 67.2 cm³/mol. The molecule has 0 atom stereocenters. The molecule has 2 N–H and O–H groups in total. The molecule has 98 valence electrons. The summed E-state index contributed by atoms with van der Waals surface area (Å²) in [4.78, 5) is 22.2. The molecule has 0 aliphatic heterocycles. The largest absolute Gasteiger partial charge is 0.490 e.